The number of hydrogen-bond donors (Lipinski definition) is 2. The Labute approximate surface area is 229 Å². The van der Waals surface area contributed by atoms with Crippen LogP contribution < -0.4 is 24.5 Å². The molecule has 1 unspecified atom stereocenters. The largest absolute Gasteiger partial charge is 0.496 e. The van der Waals surface area contributed by atoms with Crippen molar-refractivity contribution in [3.63, 3.8) is 0 Å². The van der Waals surface area contributed by atoms with Crippen molar-refractivity contribution in [1.82, 2.24) is 0 Å². The summed E-state index contributed by atoms with van der Waals surface area (Å²) < 4.78 is 49.4. The van der Waals surface area contributed by atoms with Crippen molar-refractivity contribution < 1.29 is 26.5 Å². The van der Waals surface area contributed by atoms with Crippen molar-refractivity contribution in [2.24, 2.45) is 0 Å². The van der Waals surface area contributed by atoms with Crippen LogP contribution in [0.5, 0.6) is 11.5 Å². The van der Waals surface area contributed by atoms with Gasteiger partial charge in [-0.25, -0.2) is 4.39 Å². The van der Waals surface area contributed by atoms with E-state index < -0.39 is 15.7 Å². The summed E-state index contributed by atoms with van der Waals surface area (Å²) in [6.45, 7) is 7.35. The van der Waals surface area contributed by atoms with E-state index in [1.54, 1.807) is 43.1 Å². The molecule has 3 aromatic rings. The van der Waals surface area contributed by atoms with Crippen molar-refractivity contribution in [2.75, 3.05) is 35.4 Å². The van der Waals surface area contributed by atoms with Crippen LogP contribution in [0, 0.1) is 5.82 Å². The number of rotatable bonds is 9. The molecule has 10 heteroatoms. The molecule has 1 heterocycles. The van der Waals surface area contributed by atoms with Crippen molar-refractivity contribution in [3.05, 3.63) is 66.0 Å². The number of ether oxygens (including phenoxy) is 1. The SMILES string of the molecule is CCCS(=O)(=O)Oc1ccc(-c2ccc3c(c2C(C)Nc2cccc(F)c2)N(C)C(=O)C(C)(C)N3)c(OC)c1. The zero-order valence-electron chi connectivity index (χ0n) is 23.0. The van der Waals surface area contributed by atoms with Gasteiger partial charge in [-0.15, -0.1) is 0 Å². The van der Waals surface area contributed by atoms with E-state index in [2.05, 4.69) is 10.6 Å². The number of carbonyl (C=O) groups is 1. The van der Waals surface area contributed by atoms with Gasteiger partial charge in [-0.3, -0.25) is 4.79 Å². The molecule has 0 fully saturated rings. The smallest absolute Gasteiger partial charge is 0.309 e. The third-order valence-corrected chi connectivity index (χ3v) is 7.97. The second-order valence-corrected chi connectivity index (χ2v) is 11.8. The first-order valence-electron chi connectivity index (χ1n) is 12.7. The number of fused-ring (bicyclic) bond motifs is 1. The fourth-order valence-corrected chi connectivity index (χ4v) is 5.92. The summed E-state index contributed by atoms with van der Waals surface area (Å²) >= 11 is 0. The minimum absolute atomic E-state index is 0.0982. The number of amides is 1. The maximum atomic E-state index is 14.0. The number of hydrogen-bond acceptors (Lipinski definition) is 7. The Bertz CT molecular complexity index is 1510. The first-order valence-corrected chi connectivity index (χ1v) is 14.3. The molecule has 0 saturated heterocycles. The molecule has 0 radical (unpaired) electrons. The van der Waals surface area contributed by atoms with E-state index in [-0.39, 0.29) is 29.3 Å². The van der Waals surface area contributed by atoms with Crippen LogP contribution in [0.2, 0.25) is 0 Å². The van der Waals surface area contributed by atoms with Gasteiger partial charge in [0.05, 0.1) is 30.3 Å². The highest BCUT2D eigenvalue weighted by atomic mass is 32.2. The van der Waals surface area contributed by atoms with Crippen LogP contribution in [-0.2, 0) is 14.9 Å². The maximum absolute atomic E-state index is 14.0. The van der Waals surface area contributed by atoms with E-state index in [1.165, 1.54) is 25.3 Å². The summed E-state index contributed by atoms with van der Waals surface area (Å²) in [4.78, 5) is 14.9. The zero-order chi connectivity index (χ0) is 28.5. The Hall–Kier alpha value is -3.79. The Kier molecular flexibility index (Phi) is 7.79. The molecule has 8 nitrogen and oxygen atoms in total. The number of methoxy groups -OCH3 is 1. The molecule has 0 aliphatic carbocycles. The highest BCUT2D eigenvalue weighted by Crippen LogP contribution is 2.47. The fraction of sp³-hybridized carbons (Fsp3) is 0.345. The maximum Gasteiger partial charge on any atom is 0.309 e. The standard InChI is InChI=1S/C29H34FN3O5S/c1-7-15-39(35,36)38-21-11-12-22(25(17-21)37-6)23-13-14-24-27(33(5)28(34)29(3,4)32-24)26(23)18(2)31-20-10-8-9-19(30)16-20/h8-14,16-18,31-32H,7,15H2,1-6H3. The lowest BCUT2D eigenvalue weighted by atomic mass is 9.88. The lowest BCUT2D eigenvalue weighted by molar-refractivity contribution is -0.121. The van der Waals surface area contributed by atoms with E-state index in [9.17, 15) is 17.6 Å². The summed E-state index contributed by atoms with van der Waals surface area (Å²) in [6.07, 6.45) is 0.434. The van der Waals surface area contributed by atoms with Crippen LogP contribution in [0.3, 0.4) is 0 Å². The number of nitrogens with zero attached hydrogens (tertiary/aromatic N) is 1. The summed E-state index contributed by atoms with van der Waals surface area (Å²) in [6, 6.07) is 14.5. The average Bonchev–Trinajstić information content (AvgIpc) is 2.86. The van der Waals surface area contributed by atoms with E-state index in [4.69, 9.17) is 8.92 Å². The van der Waals surface area contributed by atoms with Gasteiger partial charge in [0.2, 0.25) is 0 Å². The summed E-state index contributed by atoms with van der Waals surface area (Å²) in [5.41, 5.74) is 3.45. The van der Waals surface area contributed by atoms with Gasteiger partial charge in [-0.2, -0.15) is 8.42 Å². The van der Waals surface area contributed by atoms with Crippen LogP contribution in [0.15, 0.2) is 54.6 Å². The first-order chi connectivity index (χ1) is 18.4. The van der Waals surface area contributed by atoms with Crippen LogP contribution >= 0.6 is 0 Å². The third kappa shape index (κ3) is 5.80. The van der Waals surface area contributed by atoms with Crippen molar-refractivity contribution in [3.8, 4) is 22.6 Å². The van der Waals surface area contributed by atoms with Crippen LogP contribution in [0.1, 0.15) is 45.7 Å². The molecular formula is C29H34FN3O5S. The first kappa shape index (κ1) is 28.2. The Morgan fingerprint density at radius 3 is 2.49 bits per heavy atom. The predicted octanol–water partition coefficient (Wildman–Crippen LogP) is 5.96. The van der Waals surface area contributed by atoms with E-state index >= 15 is 0 Å². The molecule has 0 bridgehead atoms. The van der Waals surface area contributed by atoms with Crippen LogP contribution in [0.25, 0.3) is 11.1 Å². The molecule has 1 aliphatic rings. The molecule has 208 valence electrons. The fourth-order valence-electron chi connectivity index (χ4n) is 4.94. The molecule has 4 rings (SSSR count). The summed E-state index contributed by atoms with van der Waals surface area (Å²) in [7, 11) is -0.502. The molecular weight excluding hydrogens is 521 g/mol. The second kappa shape index (κ2) is 10.8. The minimum atomic E-state index is -3.73. The quantitative estimate of drug-likeness (QED) is 0.315. The van der Waals surface area contributed by atoms with E-state index in [0.29, 0.717) is 29.1 Å². The highest BCUT2D eigenvalue weighted by Gasteiger charge is 2.39. The molecule has 3 aromatic carbocycles. The Balaban J connectivity index is 1.88. The average molecular weight is 556 g/mol. The van der Waals surface area contributed by atoms with Gasteiger partial charge >= 0.3 is 10.1 Å². The Morgan fingerprint density at radius 1 is 1.10 bits per heavy atom. The molecule has 0 saturated carbocycles. The number of carbonyl (C=O) groups excluding carboxylic acids is 1. The Morgan fingerprint density at radius 2 is 1.82 bits per heavy atom. The predicted molar refractivity (Wildman–Crippen MR) is 153 cm³/mol. The lowest BCUT2D eigenvalue weighted by Crippen LogP contribution is -2.52. The van der Waals surface area contributed by atoms with Gasteiger partial charge in [0.15, 0.2) is 0 Å². The normalized spacial score (nSPS) is 15.3. The van der Waals surface area contributed by atoms with Gasteiger partial charge in [0, 0.05) is 29.9 Å². The van der Waals surface area contributed by atoms with E-state index in [0.717, 1.165) is 16.8 Å². The third-order valence-electron chi connectivity index (χ3n) is 6.62. The van der Waals surface area contributed by atoms with Crippen LogP contribution in [0.4, 0.5) is 21.5 Å². The van der Waals surface area contributed by atoms with Crippen molar-refractivity contribution in [1.29, 1.82) is 0 Å². The zero-order valence-corrected chi connectivity index (χ0v) is 23.8. The van der Waals surface area contributed by atoms with E-state index in [1.807, 2.05) is 32.9 Å². The minimum Gasteiger partial charge on any atom is -0.496 e. The molecule has 2 N–H and O–H groups in total. The van der Waals surface area contributed by atoms with Gasteiger partial charge in [0.1, 0.15) is 22.9 Å². The molecule has 0 aromatic heterocycles. The number of likely N-dealkylation sites (N-methyl/N-ethyl adjacent to an activating group) is 1. The highest BCUT2D eigenvalue weighted by molar-refractivity contribution is 7.87. The molecule has 1 aliphatic heterocycles. The summed E-state index contributed by atoms with van der Waals surface area (Å²) in [5, 5.41) is 6.70. The molecule has 1 amide bonds. The van der Waals surface area contributed by atoms with Gasteiger partial charge < -0.3 is 24.5 Å². The number of halogens is 1. The van der Waals surface area contributed by atoms with Crippen molar-refractivity contribution in [2.45, 2.75) is 45.7 Å². The summed E-state index contributed by atoms with van der Waals surface area (Å²) in [5.74, 6) is -0.0303. The monoisotopic (exact) mass is 555 g/mol. The number of anilines is 3. The van der Waals surface area contributed by atoms with Crippen molar-refractivity contribution >= 4 is 33.1 Å². The molecule has 0 spiro atoms. The molecule has 1 atom stereocenters. The lowest BCUT2D eigenvalue weighted by Gasteiger charge is -2.40. The van der Waals surface area contributed by atoms with Gasteiger partial charge in [-0.05, 0) is 69.2 Å². The second-order valence-electron chi connectivity index (χ2n) is 10.1. The van der Waals surface area contributed by atoms with Crippen LogP contribution in [-0.4, -0.2) is 39.8 Å². The van der Waals surface area contributed by atoms with Gasteiger partial charge in [0.25, 0.3) is 5.91 Å². The topological polar surface area (TPSA) is 97.0 Å². The number of benzene rings is 3. The molecule has 39 heavy (non-hydrogen) atoms. The number of nitrogens with one attached hydrogen (secondary N) is 2. The van der Waals surface area contributed by atoms with Gasteiger partial charge in [-0.1, -0.05) is 19.1 Å².